The molecule has 1 aromatic heterocycles. The van der Waals surface area contributed by atoms with Crippen LogP contribution in [0.4, 0.5) is 10.1 Å². The minimum absolute atomic E-state index is 0.0206. The fourth-order valence-corrected chi connectivity index (χ4v) is 5.80. The van der Waals surface area contributed by atoms with Crippen molar-refractivity contribution in [2.45, 2.75) is 31.6 Å². The van der Waals surface area contributed by atoms with E-state index in [4.69, 9.17) is 4.52 Å². The predicted molar refractivity (Wildman–Crippen MR) is 128 cm³/mol. The van der Waals surface area contributed by atoms with E-state index in [0.29, 0.717) is 24.1 Å². The highest BCUT2D eigenvalue weighted by molar-refractivity contribution is 7.89. The summed E-state index contributed by atoms with van der Waals surface area (Å²) in [5.41, 5.74) is 2.15. The lowest BCUT2D eigenvalue weighted by atomic mass is 9.98. The third-order valence-electron chi connectivity index (χ3n) is 5.91. The number of amides is 1. The molecule has 1 amide bonds. The molecule has 34 heavy (non-hydrogen) atoms. The van der Waals surface area contributed by atoms with Gasteiger partial charge in [0.15, 0.2) is 10.7 Å². The highest BCUT2D eigenvalue weighted by Crippen LogP contribution is 2.30. The van der Waals surface area contributed by atoms with Gasteiger partial charge in [-0.25, -0.2) is 12.8 Å². The molecule has 9 heteroatoms. The lowest BCUT2D eigenvalue weighted by molar-refractivity contribution is -0.120. The molecule has 3 aromatic rings. The van der Waals surface area contributed by atoms with Crippen LogP contribution in [0.3, 0.4) is 0 Å². The molecule has 0 aliphatic carbocycles. The average Bonchev–Trinajstić information content (AvgIpc) is 3.21. The molecule has 2 aromatic carbocycles. The number of halogens is 1. The summed E-state index contributed by atoms with van der Waals surface area (Å²) in [6, 6.07) is 13.6. The van der Waals surface area contributed by atoms with Gasteiger partial charge in [0.25, 0.3) is 0 Å². The summed E-state index contributed by atoms with van der Waals surface area (Å²) in [6.45, 7) is 3.79. The maximum Gasteiger partial charge on any atom is 0.248 e. The Morgan fingerprint density at radius 3 is 2.65 bits per heavy atom. The van der Waals surface area contributed by atoms with Crippen LogP contribution < -0.4 is 5.32 Å². The van der Waals surface area contributed by atoms with Gasteiger partial charge in [0.2, 0.25) is 15.9 Å². The van der Waals surface area contributed by atoms with E-state index in [2.05, 4.69) is 10.5 Å². The van der Waals surface area contributed by atoms with Gasteiger partial charge in [-0.15, -0.1) is 0 Å². The molecule has 1 fully saturated rings. The highest BCUT2D eigenvalue weighted by atomic mass is 32.2. The Labute approximate surface area is 198 Å². The number of piperidine rings is 1. The number of rotatable bonds is 6. The van der Waals surface area contributed by atoms with Gasteiger partial charge in [-0.2, -0.15) is 4.31 Å². The number of carbonyl (C=O) groups excluding carboxylic acids is 1. The molecule has 0 unspecified atom stereocenters. The van der Waals surface area contributed by atoms with E-state index < -0.39 is 21.8 Å². The van der Waals surface area contributed by atoms with E-state index in [0.717, 1.165) is 5.56 Å². The molecule has 7 nitrogen and oxygen atoms in total. The van der Waals surface area contributed by atoms with Gasteiger partial charge in [-0.1, -0.05) is 41.6 Å². The van der Waals surface area contributed by atoms with Gasteiger partial charge in [0.1, 0.15) is 11.5 Å². The third kappa shape index (κ3) is 4.95. The second-order valence-electron chi connectivity index (χ2n) is 8.32. The summed E-state index contributed by atoms with van der Waals surface area (Å²) < 4.78 is 47.6. The first-order valence-corrected chi connectivity index (χ1v) is 12.5. The van der Waals surface area contributed by atoms with Crippen molar-refractivity contribution in [3.63, 3.8) is 0 Å². The van der Waals surface area contributed by atoms with Crippen LogP contribution in [0.15, 0.2) is 57.9 Å². The Morgan fingerprint density at radius 2 is 1.88 bits per heavy atom. The third-order valence-corrected chi connectivity index (χ3v) is 7.93. The first kappa shape index (κ1) is 23.8. The van der Waals surface area contributed by atoms with Crippen molar-refractivity contribution in [1.82, 2.24) is 9.46 Å². The van der Waals surface area contributed by atoms with Gasteiger partial charge >= 0.3 is 0 Å². The molecule has 178 valence electrons. The zero-order valence-electron chi connectivity index (χ0n) is 19.0. The number of aromatic nitrogens is 1. The maximum atomic E-state index is 14.0. The normalized spacial score (nSPS) is 17.2. The van der Waals surface area contributed by atoms with Crippen molar-refractivity contribution in [2.24, 2.45) is 5.92 Å². The van der Waals surface area contributed by atoms with E-state index in [1.807, 2.05) is 31.2 Å². The number of anilines is 1. The molecule has 4 rings (SSSR count). The van der Waals surface area contributed by atoms with Crippen molar-refractivity contribution in [3.05, 3.63) is 76.9 Å². The van der Waals surface area contributed by atoms with Gasteiger partial charge in [-0.05, 0) is 56.5 Å². The van der Waals surface area contributed by atoms with Gasteiger partial charge in [0.05, 0.1) is 5.92 Å². The monoisotopic (exact) mass is 483 g/mol. The molecule has 2 heterocycles. The number of carbonyl (C=O) groups is 1. The largest absolute Gasteiger partial charge is 0.355 e. The lowest BCUT2D eigenvalue weighted by Gasteiger charge is -2.31. The van der Waals surface area contributed by atoms with Crippen LogP contribution in [-0.2, 0) is 14.8 Å². The van der Waals surface area contributed by atoms with Crippen LogP contribution >= 0.6 is 0 Å². The van der Waals surface area contributed by atoms with Gasteiger partial charge in [-0.3, -0.25) is 4.79 Å². The van der Waals surface area contributed by atoms with Gasteiger partial charge < -0.3 is 9.84 Å². The number of nitrogens with one attached hydrogen (secondary N) is 1. The Morgan fingerprint density at radius 1 is 1.15 bits per heavy atom. The number of benzene rings is 2. The minimum atomic E-state index is -3.99. The van der Waals surface area contributed by atoms with E-state index in [1.54, 1.807) is 25.1 Å². The topological polar surface area (TPSA) is 92.5 Å². The number of aryl methyl sites for hydroxylation is 2. The van der Waals surface area contributed by atoms with Gasteiger partial charge in [0, 0.05) is 24.3 Å². The predicted octanol–water partition coefficient (Wildman–Crippen LogP) is 4.64. The second kappa shape index (κ2) is 9.90. The van der Waals surface area contributed by atoms with Crippen LogP contribution in [0, 0.1) is 25.6 Å². The molecular weight excluding hydrogens is 457 g/mol. The number of nitrogens with zero attached hydrogens (tertiary/aromatic N) is 2. The van der Waals surface area contributed by atoms with Crippen molar-refractivity contribution in [3.8, 4) is 0 Å². The maximum absolute atomic E-state index is 14.0. The number of sulfonamides is 1. The number of hydrogen-bond acceptors (Lipinski definition) is 5. The molecular formula is C25H26FN3O4S. The summed E-state index contributed by atoms with van der Waals surface area (Å²) in [4.78, 5) is 12.8. The summed E-state index contributed by atoms with van der Waals surface area (Å²) in [5.74, 6) is -1.11. The molecule has 1 aliphatic heterocycles. The van der Waals surface area contributed by atoms with E-state index >= 15 is 0 Å². The summed E-state index contributed by atoms with van der Waals surface area (Å²) >= 11 is 0. The molecule has 1 atom stereocenters. The van der Waals surface area contributed by atoms with E-state index in [9.17, 15) is 17.6 Å². The zero-order chi connectivity index (χ0) is 24.3. The quantitative estimate of drug-likeness (QED) is 0.551. The summed E-state index contributed by atoms with van der Waals surface area (Å²) in [7, 11) is -3.99. The summed E-state index contributed by atoms with van der Waals surface area (Å²) in [6.07, 6.45) is 3.99. The highest BCUT2D eigenvalue weighted by Gasteiger charge is 2.37. The molecule has 1 N–H and O–H groups in total. The smallest absolute Gasteiger partial charge is 0.248 e. The lowest BCUT2D eigenvalue weighted by Crippen LogP contribution is -2.44. The zero-order valence-corrected chi connectivity index (χ0v) is 19.8. The Bertz CT molecular complexity index is 1330. The standard InChI is InChI=1S/C25H26FN3O4S/c1-17-8-3-6-12-22(17)27-25(30)20-10-7-15-29(16-20)34(31,32)24-18(2)28-33-23(24)14-13-19-9-4-5-11-21(19)26/h3-6,8-9,11-14,20H,7,10,15-16H2,1-2H3,(H,27,30)/b14-13+/t20-/m0/s1. The van der Waals surface area contributed by atoms with Crippen LogP contribution in [0.2, 0.25) is 0 Å². The fourth-order valence-electron chi connectivity index (χ4n) is 4.03. The Hall–Kier alpha value is -3.30. The van der Waals surface area contributed by atoms with Crippen LogP contribution in [0.5, 0.6) is 0 Å². The van der Waals surface area contributed by atoms with Crippen molar-refractivity contribution in [2.75, 3.05) is 18.4 Å². The van der Waals surface area contributed by atoms with Crippen LogP contribution in [-0.4, -0.2) is 36.9 Å². The minimum Gasteiger partial charge on any atom is -0.355 e. The SMILES string of the molecule is Cc1ccccc1NC(=O)[C@H]1CCCN(S(=O)(=O)c2c(C)noc2/C=C/c2ccccc2F)C1. The number of para-hydroxylation sites is 1. The first-order chi connectivity index (χ1) is 16.3. The van der Waals surface area contributed by atoms with E-state index in [-0.39, 0.29) is 35.3 Å². The van der Waals surface area contributed by atoms with E-state index in [1.165, 1.54) is 22.5 Å². The molecule has 0 radical (unpaired) electrons. The van der Waals surface area contributed by atoms with Crippen molar-refractivity contribution in [1.29, 1.82) is 0 Å². The number of hydrogen-bond donors (Lipinski definition) is 1. The average molecular weight is 484 g/mol. The second-order valence-corrected chi connectivity index (χ2v) is 10.2. The molecule has 0 saturated carbocycles. The van der Waals surface area contributed by atoms with Crippen LogP contribution in [0.1, 0.15) is 35.4 Å². The molecule has 1 aliphatic rings. The van der Waals surface area contributed by atoms with Crippen molar-refractivity contribution >= 4 is 33.8 Å². The molecule has 0 bridgehead atoms. The van der Waals surface area contributed by atoms with Crippen molar-refractivity contribution < 1.29 is 22.1 Å². The Kier molecular flexibility index (Phi) is 6.95. The van der Waals surface area contributed by atoms with Crippen LogP contribution in [0.25, 0.3) is 12.2 Å². The first-order valence-electron chi connectivity index (χ1n) is 11.0. The molecule has 1 saturated heterocycles. The Balaban J connectivity index is 1.55. The molecule has 0 spiro atoms. The summed E-state index contributed by atoms with van der Waals surface area (Å²) in [5, 5.41) is 6.74. The fraction of sp³-hybridized carbons (Fsp3) is 0.280.